The van der Waals surface area contributed by atoms with Gasteiger partial charge in [0, 0.05) is 12.7 Å². The molecule has 0 unspecified atom stereocenters. The molecule has 0 amide bonds. The molecule has 0 saturated carbocycles. The molecule has 2 heterocycles. The zero-order valence-electron chi connectivity index (χ0n) is 10.6. The summed E-state index contributed by atoms with van der Waals surface area (Å²) >= 11 is 1.56. The molecule has 0 fully saturated rings. The van der Waals surface area contributed by atoms with E-state index in [0.29, 0.717) is 0 Å². The quantitative estimate of drug-likeness (QED) is 0.765. The highest BCUT2D eigenvalue weighted by molar-refractivity contribution is 7.99. The van der Waals surface area contributed by atoms with Crippen LogP contribution in [0.15, 0.2) is 52.8 Å². The number of imidazole rings is 1. The molecule has 0 aliphatic rings. The first-order valence-electron chi connectivity index (χ1n) is 6.08. The summed E-state index contributed by atoms with van der Waals surface area (Å²) in [6.07, 6.45) is 1.81. The fourth-order valence-corrected chi connectivity index (χ4v) is 2.78. The normalized spacial score (nSPS) is 11.0. The lowest BCUT2D eigenvalue weighted by Gasteiger charge is -2.05. The van der Waals surface area contributed by atoms with Gasteiger partial charge >= 0.3 is 0 Å². The van der Waals surface area contributed by atoms with E-state index in [0.717, 1.165) is 27.8 Å². The second-order valence-corrected chi connectivity index (χ2v) is 5.14. The summed E-state index contributed by atoms with van der Waals surface area (Å²) in [4.78, 5) is 12.3. The number of nitrogens with one attached hydrogen (secondary N) is 2. The van der Waals surface area contributed by atoms with Gasteiger partial charge < -0.3 is 10.3 Å². The third kappa shape index (κ3) is 2.62. The highest BCUT2D eigenvalue weighted by atomic mass is 32.2. The Kier molecular flexibility index (Phi) is 3.48. The van der Waals surface area contributed by atoms with E-state index in [9.17, 15) is 0 Å². The van der Waals surface area contributed by atoms with Crippen LogP contribution in [0.4, 0.5) is 0 Å². The van der Waals surface area contributed by atoms with Crippen molar-refractivity contribution in [3.8, 4) is 0 Å². The van der Waals surface area contributed by atoms with Crippen LogP contribution in [0, 0.1) is 0 Å². The molecule has 96 valence electrons. The number of hydrogen-bond donors (Lipinski definition) is 2. The summed E-state index contributed by atoms with van der Waals surface area (Å²) in [7, 11) is 1.93. The van der Waals surface area contributed by atoms with Crippen molar-refractivity contribution >= 4 is 22.8 Å². The predicted molar refractivity (Wildman–Crippen MR) is 77.2 cm³/mol. The molecule has 1 aromatic carbocycles. The van der Waals surface area contributed by atoms with E-state index < -0.39 is 0 Å². The van der Waals surface area contributed by atoms with Gasteiger partial charge in [-0.3, -0.25) is 0 Å². The predicted octanol–water partition coefficient (Wildman–Crippen LogP) is 2.83. The van der Waals surface area contributed by atoms with E-state index in [1.165, 1.54) is 5.56 Å². The Balaban J connectivity index is 1.92. The van der Waals surface area contributed by atoms with Crippen LogP contribution in [-0.4, -0.2) is 22.0 Å². The molecular formula is C14H14N4S. The van der Waals surface area contributed by atoms with E-state index in [2.05, 4.69) is 26.3 Å². The first kappa shape index (κ1) is 12.2. The summed E-state index contributed by atoms with van der Waals surface area (Å²) in [5.41, 5.74) is 3.21. The van der Waals surface area contributed by atoms with Crippen LogP contribution >= 0.6 is 11.8 Å². The molecule has 0 bridgehead atoms. The van der Waals surface area contributed by atoms with Crippen molar-refractivity contribution in [2.24, 2.45) is 0 Å². The fraction of sp³-hybridized carbons (Fsp3) is 0.143. The van der Waals surface area contributed by atoms with E-state index in [1.807, 2.05) is 43.6 Å². The standard InChI is InChI=1S/C14H14N4S/c1-15-9-10-5-4-8-16-13(10)19-14-17-11-6-2-3-7-12(11)18-14/h2-8,15H,9H2,1H3,(H,17,18). The number of fused-ring (bicyclic) bond motifs is 1. The zero-order chi connectivity index (χ0) is 13.1. The van der Waals surface area contributed by atoms with Gasteiger partial charge in [-0.1, -0.05) is 18.2 Å². The number of pyridine rings is 1. The molecular weight excluding hydrogens is 256 g/mol. The van der Waals surface area contributed by atoms with Gasteiger partial charge in [0.25, 0.3) is 0 Å². The second-order valence-electron chi connectivity index (χ2n) is 4.16. The minimum Gasteiger partial charge on any atom is -0.333 e. The average molecular weight is 270 g/mol. The maximum Gasteiger partial charge on any atom is 0.172 e. The summed E-state index contributed by atoms with van der Waals surface area (Å²) in [5, 5.41) is 5.01. The Bertz CT molecular complexity index is 659. The van der Waals surface area contributed by atoms with Gasteiger partial charge in [-0.05, 0) is 42.6 Å². The Labute approximate surface area is 115 Å². The monoisotopic (exact) mass is 270 g/mol. The maximum atomic E-state index is 4.56. The number of rotatable bonds is 4. The third-order valence-corrected chi connectivity index (χ3v) is 3.73. The summed E-state index contributed by atoms with van der Waals surface area (Å²) in [5.74, 6) is 0. The van der Waals surface area contributed by atoms with Gasteiger partial charge in [-0.25, -0.2) is 9.97 Å². The molecule has 2 N–H and O–H groups in total. The van der Waals surface area contributed by atoms with Crippen molar-refractivity contribution in [3.05, 3.63) is 48.2 Å². The van der Waals surface area contributed by atoms with Gasteiger partial charge in [0.05, 0.1) is 11.0 Å². The topological polar surface area (TPSA) is 53.6 Å². The smallest absolute Gasteiger partial charge is 0.172 e. The van der Waals surface area contributed by atoms with Crippen molar-refractivity contribution < 1.29 is 0 Å². The van der Waals surface area contributed by atoms with Crippen LogP contribution in [0.1, 0.15) is 5.56 Å². The molecule has 4 nitrogen and oxygen atoms in total. The van der Waals surface area contributed by atoms with Crippen molar-refractivity contribution in [1.82, 2.24) is 20.3 Å². The number of aromatic nitrogens is 3. The molecule has 0 atom stereocenters. The van der Waals surface area contributed by atoms with Crippen LogP contribution in [-0.2, 0) is 6.54 Å². The number of benzene rings is 1. The van der Waals surface area contributed by atoms with Crippen molar-refractivity contribution in [2.45, 2.75) is 16.7 Å². The summed E-state index contributed by atoms with van der Waals surface area (Å²) < 4.78 is 0. The molecule has 0 radical (unpaired) electrons. The van der Waals surface area contributed by atoms with Crippen molar-refractivity contribution in [2.75, 3.05) is 7.05 Å². The van der Waals surface area contributed by atoms with Gasteiger partial charge in [-0.2, -0.15) is 0 Å². The Hall–Kier alpha value is -1.85. The first-order chi connectivity index (χ1) is 9.36. The SMILES string of the molecule is CNCc1cccnc1Sc1nc2ccccc2[nH]1. The summed E-state index contributed by atoms with van der Waals surface area (Å²) in [6, 6.07) is 12.1. The maximum absolute atomic E-state index is 4.56. The Morgan fingerprint density at radius 2 is 2.11 bits per heavy atom. The van der Waals surface area contributed by atoms with E-state index in [4.69, 9.17) is 0 Å². The Morgan fingerprint density at radius 3 is 2.95 bits per heavy atom. The molecule has 0 spiro atoms. The van der Waals surface area contributed by atoms with Crippen molar-refractivity contribution in [1.29, 1.82) is 0 Å². The third-order valence-electron chi connectivity index (χ3n) is 2.78. The van der Waals surface area contributed by atoms with E-state index in [1.54, 1.807) is 11.8 Å². The molecule has 0 saturated heterocycles. The molecule has 0 aliphatic heterocycles. The molecule has 0 aliphatic carbocycles. The van der Waals surface area contributed by atoms with Gasteiger partial charge in [0.1, 0.15) is 5.03 Å². The van der Waals surface area contributed by atoms with E-state index in [-0.39, 0.29) is 0 Å². The van der Waals surface area contributed by atoms with Crippen LogP contribution < -0.4 is 5.32 Å². The first-order valence-corrected chi connectivity index (χ1v) is 6.89. The van der Waals surface area contributed by atoms with Gasteiger partial charge in [0.2, 0.25) is 0 Å². The highest BCUT2D eigenvalue weighted by Crippen LogP contribution is 2.27. The highest BCUT2D eigenvalue weighted by Gasteiger charge is 2.08. The molecule has 3 rings (SSSR count). The lowest BCUT2D eigenvalue weighted by Crippen LogP contribution is -2.06. The lowest BCUT2D eigenvalue weighted by atomic mass is 10.3. The largest absolute Gasteiger partial charge is 0.333 e. The second kappa shape index (κ2) is 5.42. The molecule has 5 heteroatoms. The lowest BCUT2D eigenvalue weighted by molar-refractivity contribution is 0.789. The number of para-hydroxylation sites is 2. The summed E-state index contributed by atoms with van der Waals surface area (Å²) in [6.45, 7) is 0.802. The zero-order valence-corrected chi connectivity index (χ0v) is 11.4. The molecule has 2 aromatic heterocycles. The number of H-pyrrole nitrogens is 1. The van der Waals surface area contributed by atoms with Crippen molar-refractivity contribution in [3.63, 3.8) is 0 Å². The minimum absolute atomic E-state index is 0.802. The molecule has 3 aromatic rings. The minimum atomic E-state index is 0.802. The van der Waals surface area contributed by atoms with Gasteiger partial charge in [0.15, 0.2) is 5.16 Å². The number of aromatic amines is 1. The molecule has 19 heavy (non-hydrogen) atoms. The van der Waals surface area contributed by atoms with Crippen LogP contribution in [0.25, 0.3) is 11.0 Å². The average Bonchev–Trinajstić information content (AvgIpc) is 2.83. The van der Waals surface area contributed by atoms with Gasteiger partial charge in [-0.15, -0.1) is 0 Å². The van der Waals surface area contributed by atoms with E-state index >= 15 is 0 Å². The number of hydrogen-bond acceptors (Lipinski definition) is 4. The number of nitrogens with zero attached hydrogens (tertiary/aromatic N) is 2. The van der Waals surface area contributed by atoms with Crippen LogP contribution in [0.3, 0.4) is 0 Å². The fourth-order valence-electron chi connectivity index (χ4n) is 1.91. The van der Waals surface area contributed by atoms with Crippen LogP contribution in [0.2, 0.25) is 0 Å². The Morgan fingerprint density at radius 1 is 1.21 bits per heavy atom. The van der Waals surface area contributed by atoms with Crippen LogP contribution in [0.5, 0.6) is 0 Å².